The first-order chi connectivity index (χ1) is 10.0. The zero-order valence-electron chi connectivity index (χ0n) is 12.2. The Morgan fingerprint density at radius 2 is 1.71 bits per heavy atom. The van der Waals surface area contributed by atoms with Crippen molar-refractivity contribution < 1.29 is 4.39 Å². The van der Waals surface area contributed by atoms with Crippen molar-refractivity contribution in [1.82, 2.24) is 5.43 Å². The molecule has 0 saturated carbocycles. The van der Waals surface area contributed by atoms with Crippen molar-refractivity contribution in [1.29, 1.82) is 0 Å². The molecule has 112 valence electrons. The molecule has 0 bridgehead atoms. The first-order valence-electron chi connectivity index (χ1n) is 7.01. The molecule has 0 saturated heterocycles. The van der Waals surface area contributed by atoms with Crippen LogP contribution in [0, 0.1) is 5.82 Å². The number of rotatable bonds is 5. The lowest BCUT2D eigenvalue weighted by atomic mass is 9.95. The first-order valence-corrected chi connectivity index (χ1v) is 7.39. The quantitative estimate of drug-likeness (QED) is 0.636. The van der Waals surface area contributed by atoms with Gasteiger partial charge in [-0.05, 0) is 35.6 Å². The molecule has 21 heavy (non-hydrogen) atoms. The van der Waals surface area contributed by atoms with E-state index >= 15 is 0 Å². The van der Waals surface area contributed by atoms with E-state index in [1.54, 1.807) is 12.1 Å². The van der Waals surface area contributed by atoms with E-state index in [1.165, 1.54) is 11.6 Å². The maximum Gasteiger partial charge on any atom is 0.127 e. The van der Waals surface area contributed by atoms with Crippen LogP contribution < -0.4 is 11.3 Å². The molecule has 1 atom stereocenters. The molecule has 0 aromatic heterocycles. The number of hydrazine groups is 1. The van der Waals surface area contributed by atoms with Crippen molar-refractivity contribution in [2.24, 2.45) is 5.84 Å². The molecule has 0 amide bonds. The van der Waals surface area contributed by atoms with Gasteiger partial charge in [0.2, 0.25) is 0 Å². The van der Waals surface area contributed by atoms with Crippen LogP contribution in [0.2, 0.25) is 5.02 Å². The molecule has 0 fully saturated rings. The summed E-state index contributed by atoms with van der Waals surface area (Å²) >= 11 is 6.08. The van der Waals surface area contributed by atoms with Crippen LogP contribution in [0.15, 0.2) is 42.5 Å². The number of benzene rings is 2. The van der Waals surface area contributed by atoms with Crippen LogP contribution in [0.4, 0.5) is 4.39 Å². The molecule has 2 aromatic rings. The number of nitrogens with one attached hydrogen (secondary N) is 1. The average Bonchev–Trinajstić information content (AvgIpc) is 2.47. The maximum absolute atomic E-state index is 13.9. The molecule has 0 heterocycles. The van der Waals surface area contributed by atoms with Gasteiger partial charge in [0.15, 0.2) is 0 Å². The zero-order chi connectivity index (χ0) is 15.4. The lowest BCUT2D eigenvalue weighted by molar-refractivity contribution is 0.529. The number of nitrogens with two attached hydrogens (primary N) is 1. The SMILES string of the molecule is CC(C)c1ccc(C(Cc2c(F)cccc2Cl)NN)cc1. The summed E-state index contributed by atoms with van der Waals surface area (Å²) in [6, 6.07) is 12.7. The van der Waals surface area contributed by atoms with E-state index in [0.29, 0.717) is 22.9 Å². The molecule has 1 unspecified atom stereocenters. The zero-order valence-corrected chi connectivity index (χ0v) is 13.0. The van der Waals surface area contributed by atoms with Crippen LogP contribution in [-0.2, 0) is 6.42 Å². The minimum atomic E-state index is -0.304. The summed E-state index contributed by atoms with van der Waals surface area (Å²) in [5.74, 6) is 5.81. The summed E-state index contributed by atoms with van der Waals surface area (Å²) in [4.78, 5) is 0. The fourth-order valence-corrected chi connectivity index (χ4v) is 2.56. The van der Waals surface area contributed by atoms with Gasteiger partial charge in [0, 0.05) is 10.6 Å². The van der Waals surface area contributed by atoms with Crippen LogP contribution in [0.3, 0.4) is 0 Å². The minimum Gasteiger partial charge on any atom is -0.271 e. The Labute approximate surface area is 130 Å². The normalized spacial score (nSPS) is 12.7. The molecule has 0 aliphatic rings. The van der Waals surface area contributed by atoms with Gasteiger partial charge >= 0.3 is 0 Å². The highest BCUT2D eigenvalue weighted by Gasteiger charge is 2.16. The predicted molar refractivity (Wildman–Crippen MR) is 85.7 cm³/mol. The third-order valence-electron chi connectivity index (χ3n) is 3.68. The van der Waals surface area contributed by atoms with Crippen LogP contribution in [-0.4, -0.2) is 0 Å². The summed E-state index contributed by atoms with van der Waals surface area (Å²) in [5.41, 5.74) is 5.50. The van der Waals surface area contributed by atoms with Gasteiger partial charge in [-0.15, -0.1) is 0 Å². The van der Waals surface area contributed by atoms with Gasteiger partial charge in [-0.1, -0.05) is 55.8 Å². The van der Waals surface area contributed by atoms with E-state index in [0.717, 1.165) is 5.56 Å². The maximum atomic E-state index is 13.9. The molecule has 2 nitrogen and oxygen atoms in total. The van der Waals surface area contributed by atoms with Crippen molar-refractivity contribution in [3.8, 4) is 0 Å². The Morgan fingerprint density at radius 1 is 1.10 bits per heavy atom. The highest BCUT2D eigenvalue weighted by molar-refractivity contribution is 6.31. The molecular weight excluding hydrogens is 287 g/mol. The van der Waals surface area contributed by atoms with E-state index in [9.17, 15) is 4.39 Å². The first kappa shape index (κ1) is 16.0. The standard InChI is InChI=1S/C17H20ClFN2/c1-11(2)12-6-8-13(9-7-12)17(21-20)10-14-15(18)4-3-5-16(14)19/h3-9,11,17,21H,10,20H2,1-2H3. The van der Waals surface area contributed by atoms with Gasteiger partial charge in [0.25, 0.3) is 0 Å². The second-order valence-corrected chi connectivity index (χ2v) is 5.85. The Balaban J connectivity index is 2.24. The van der Waals surface area contributed by atoms with Crippen molar-refractivity contribution >= 4 is 11.6 Å². The Morgan fingerprint density at radius 3 is 2.24 bits per heavy atom. The fraction of sp³-hybridized carbons (Fsp3) is 0.294. The topological polar surface area (TPSA) is 38.0 Å². The van der Waals surface area contributed by atoms with Gasteiger partial charge in [-0.25, -0.2) is 4.39 Å². The van der Waals surface area contributed by atoms with Crippen molar-refractivity contribution in [3.63, 3.8) is 0 Å². The Kier molecular flexibility index (Phi) is 5.34. The van der Waals surface area contributed by atoms with Gasteiger partial charge in [-0.3, -0.25) is 11.3 Å². The lowest BCUT2D eigenvalue weighted by Crippen LogP contribution is -2.29. The molecule has 0 radical (unpaired) electrons. The predicted octanol–water partition coefficient (Wildman–Crippen LogP) is 4.35. The molecule has 3 N–H and O–H groups in total. The van der Waals surface area contributed by atoms with Crippen LogP contribution in [0.5, 0.6) is 0 Å². The van der Waals surface area contributed by atoms with Crippen molar-refractivity contribution in [3.05, 3.63) is 70.0 Å². The third-order valence-corrected chi connectivity index (χ3v) is 4.03. The molecular formula is C17H20ClFN2. The number of hydrogen-bond donors (Lipinski definition) is 2. The second-order valence-electron chi connectivity index (χ2n) is 5.44. The van der Waals surface area contributed by atoms with Gasteiger partial charge in [-0.2, -0.15) is 0 Å². The Bertz CT molecular complexity index is 576. The molecule has 0 aliphatic heterocycles. The Hall–Kier alpha value is -1.42. The van der Waals surface area contributed by atoms with E-state index in [4.69, 9.17) is 17.4 Å². The molecule has 0 aliphatic carbocycles. The average molecular weight is 307 g/mol. The van der Waals surface area contributed by atoms with E-state index in [-0.39, 0.29) is 11.9 Å². The summed E-state index contributed by atoms with van der Waals surface area (Å²) in [6.45, 7) is 4.29. The summed E-state index contributed by atoms with van der Waals surface area (Å²) < 4.78 is 13.9. The lowest BCUT2D eigenvalue weighted by Gasteiger charge is -2.18. The fourth-order valence-electron chi connectivity index (χ4n) is 2.32. The summed E-state index contributed by atoms with van der Waals surface area (Å²) in [6.07, 6.45) is 0.406. The van der Waals surface area contributed by atoms with Gasteiger partial charge in [0.05, 0.1) is 6.04 Å². The minimum absolute atomic E-state index is 0.180. The summed E-state index contributed by atoms with van der Waals surface area (Å²) in [7, 11) is 0. The highest BCUT2D eigenvalue weighted by atomic mass is 35.5. The van der Waals surface area contributed by atoms with Gasteiger partial charge < -0.3 is 0 Å². The molecule has 0 spiro atoms. The van der Waals surface area contributed by atoms with E-state index < -0.39 is 0 Å². The smallest absolute Gasteiger partial charge is 0.127 e. The largest absolute Gasteiger partial charge is 0.271 e. The number of hydrogen-bond acceptors (Lipinski definition) is 2. The summed E-state index contributed by atoms with van der Waals surface area (Å²) in [5, 5.41) is 0.425. The molecule has 2 rings (SSSR count). The van der Waals surface area contributed by atoms with E-state index in [2.05, 4.69) is 31.4 Å². The monoisotopic (exact) mass is 306 g/mol. The van der Waals surface area contributed by atoms with Crippen molar-refractivity contribution in [2.45, 2.75) is 32.2 Å². The molecule has 4 heteroatoms. The number of halogens is 2. The third kappa shape index (κ3) is 3.82. The second kappa shape index (κ2) is 7.03. The van der Waals surface area contributed by atoms with Crippen LogP contribution >= 0.6 is 11.6 Å². The van der Waals surface area contributed by atoms with Crippen LogP contribution in [0.25, 0.3) is 0 Å². The highest BCUT2D eigenvalue weighted by Crippen LogP contribution is 2.26. The van der Waals surface area contributed by atoms with E-state index in [1.807, 2.05) is 12.1 Å². The van der Waals surface area contributed by atoms with Gasteiger partial charge in [0.1, 0.15) is 5.82 Å². The van der Waals surface area contributed by atoms with Crippen LogP contribution in [0.1, 0.15) is 42.5 Å². The van der Waals surface area contributed by atoms with Crippen molar-refractivity contribution in [2.75, 3.05) is 0 Å². The molecule has 2 aromatic carbocycles.